The van der Waals surface area contributed by atoms with Gasteiger partial charge in [-0.2, -0.15) is 5.26 Å². The van der Waals surface area contributed by atoms with Crippen molar-refractivity contribution in [1.29, 1.82) is 5.26 Å². The van der Waals surface area contributed by atoms with Crippen LogP contribution in [-0.2, 0) is 9.59 Å². The van der Waals surface area contributed by atoms with Crippen molar-refractivity contribution in [1.82, 2.24) is 20.9 Å². The van der Waals surface area contributed by atoms with Crippen LogP contribution in [0.25, 0.3) is 10.9 Å². The highest BCUT2D eigenvalue weighted by atomic mass is 16.5. The summed E-state index contributed by atoms with van der Waals surface area (Å²) in [4.78, 5) is 41.2. The van der Waals surface area contributed by atoms with Gasteiger partial charge in [-0.15, -0.1) is 0 Å². The van der Waals surface area contributed by atoms with Crippen LogP contribution in [0.1, 0.15) is 43.6 Å². The molecule has 0 spiro atoms. The molecule has 34 heavy (non-hydrogen) atoms. The summed E-state index contributed by atoms with van der Waals surface area (Å²) in [7, 11) is 1.56. The first-order chi connectivity index (χ1) is 16.2. The first-order valence-corrected chi connectivity index (χ1v) is 11.4. The number of aromatic amines is 1. The number of amides is 3. The Morgan fingerprint density at radius 2 is 2.09 bits per heavy atom. The minimum Gasteiger partial charge on any atom is -0.496 e. The van der Waals surface area contributed by atoms with Crippen molar-refractivity contribution in [3.63, 3.8) is 0 Å². The normalized spacial score (nSPS) is 18.1. The number of ether oxygens (including phenoxy) is 1. The number of nitrogens with zero attached hydrogens (tertiary/aromatic N) is 1. The summed E-state index contributed by atoms with van der Waals surface area (Å²) in [6.45, 7) is 4.45. The van der Waals surface area contributed by atoms with E-state index in [2.05, 4.69) is 20.9 Å². The smallest absolute Gasteiger partial charge is 0.268 e. The fourth-order valence-electron chi connectivity index (χ4n) is 4.21. The van der Waals surface area contributed by atoms with Gasteiger partial charge in [-0.25, -0.2) is 0 Å². The number of nitrogens with one attached hydrogen (secondary N) is 4. The summed E-state index contributed by atoms with van der Waals surface area (Å²) in [5.41, 5.74) is 6.98. The summed E-state index contributed by atoms with van der Waals surface area (Å²) in [5.74, 6) is -0.550. The molecule has 1 aromatic carbocycles. The van der Waals surface area contributed by atoms with Gasteiger partial charge in [0.25, 0.3) is 5.91 Å². The Kier molecular flexibility index (Phi) is 8.12. The van der Waals surface area contributed by atoms with Crippen LogP contribution in [0.4, 0.5) is 0 Å². The molecule has 182 valence electrons. The quantitative estimate of drug-likeness (QED) is 0.352. The zero-order valence-corrected chi connectivity index (χ0v) is 19.7. The summed E-state index contributed by atoms with van der Waals surface area (Å²) >= 11 is 0. The number of aromatic nitrogens is 1. The van der Waals surface area contributed by atoms with Crippen LogP contribution in [0.5, 0.6) is 5.75 Å². The topological polar surface area (TPSA) is 162 Å². The van der Waals surface area contributed by atoms with E-state index in [-0.39, 0.29) is 24.2 Å². The maximum absolute atomic E-state index is 13.2. The largest absolute Gasteiger partial charge is 0.496 e. The molecule has 1 aromatic heterocycles. The van der Waals surface area contributed by atoms with Crippen molar-refractivity contribution in [2.75, 3.05) is 13.7 Å². The van der Waals surface area contributed by atoms with Gasteiger partial charge >= 0.3 is 0 Å². The highest BCUT2D eigenvalue weighted by molar-refractivity contribution is 6.01. The Hall–Kier alpha value is -3.58. The second-order valence-electron chi connectivity index (χ2n) is 9.04. The molecule has 0 saturated carbocycles. The average Bonchev–Trinajstić information content (AvgIpc) is 3.43. The van der Waals surface area contributed by atoms with Crippen molar-refractivity contribution in [3.05, 3.63) is 30.0 Å². The van der Waals surface area contributed by atoms with Gasteiger partial charge in [0, 0.05) is 23.4 Å². The molecule has 2 heterocycles. The maximum atomic E-state index is 13.2. The number of hydrogen-bond acceptors (Lipinski definition) is 6. The zero-order chi connectivity index (χ0) is 24.8. The summed E-state index contributed by atoms with van der Waals surface area (Å²) in [5, 5.41) is 18.5. The van der Waals surface area contributed by atoms with Gasteiger partial charge < -0.3 is 31.4 Å². The van der Waals surface area contributed by atoms with E-state index in [0.717, 1.165) is 10.9 Å². The van der Waals surface area contributed by atoms with Gasteiger partial charge in [-0.1, -0.05) is 19.9 Å². The number of rotatable bonds is 10. The number of hydrogen-bond donors (Lipinski definition) is 5. The monoisotopic (exact) mass is 468 g/mol. The summed E-state index contributed by atoms with van der Waals surface area (Å²) in [6.07, 6.45) is 1.27. The molecule has 2 aromatic rings. The standard InChI is InChI=1S/C24H32N6O4/c1-13(2)9-19(23(32)29-18(16(26)12-25)10-14-7-8-27-22(14)31)30-24(33)20-11-15-17(28-20)5-4-6-21(15)34-3/h4-6,11,13-14,16,18-19,28H,7-10,26H2,1-3H3,(H,27,31)(H,29,32)(H,30,33)/t14?,16?,18-,19-/m0/s1. The number of nitriles is 1. The molecule has 1 aliphatic heterocycles. The lowest BCUT2D eigenvalue weighted by atomic mass is 9.93. The number of H-pyrrole nitrogens is 1. The molecule has 3 rings (SSSR count). The van der Waals surface area contributed by atoms with Gasteiger partial charge in [0.2, 0.25) is 11.8 Å². The molecule has 0 aliphatic carbocycles. The maximum Gasteiger partial charge on any atom is 0.268 e. The van der Waals surface area contributed by atoms with Gasteiger partial charge in [0.05, 0.1) is 19.2 Å². The van der Waals surface area contributed by atoms with Gasteiger partial charge in [-0.3, -0.25) is 14.4 Å². The molecule has 2 unspecified atom stereocenters. The number of carbonyl (C=O) groups excluding carboxylic acids is 3. The SMILES string of the molecule is COc1cccc2[nH]c(C(=O)N[C@@H](CC(C)C)C(=O)N[C@@H](CC3CCNC3=O)C(N)C#N)cc12. The average molecular weight is 469 g/mol. The van der Waals surface area contributed by atoms with Gasteiger partial charge in [0.15, 0.2) is 0 Å². The third-order valence-electron chi connectivity index (χ3n) is 6.03. The number of nitrogens with two attached hydrogens (primary N) is 1. The summed E-state index contributed by atoms with van der Waals surface area (Å²) in [6, 6.07) is 6.56. The number of methoxy groups -OCH3 is 1. The summed E-state index contributed by atoms with van der Waals surface area (Å²) < 4.78 is 5.35. The molecule has 3 amide bonds. The second kappa shape index (κ2) is 11.0. The predicted molar refractivity (Wildman–Crippen MR) is 127 cm³/mol. The number of fused-ring (bicyclic) bond motifs is 1. The highest BCUT2D eigenvalue weighted by Crippen LogP contribution is 2.26. The Bertz CT molecular complexity index is 1090. The molecule has 1 fully saturated rings. The Labute approximate surface area is 198 Å². The Morgan fingerprint density at radius 1 is 1.32 bits per heavy atom. The predicted octanol–water partition coefficient (Wildman–Crippen LogP) is 1.18. The van der Waals surface area contributed by atoms with Crippen LogP contribution in [0.2, 0.25) is 0 Å². The van der Waals surface area contributed by atoms with Gasteiger partial charge in [-0.05, 0) is 43.4 Å². The van der Waals surface area contributed by atoms with Gasteiger partial charge in [0.1, 0.15) is 23.5 Å². The van der Waals surface area contributed by atoms with E-state index in [1.807, 2.05) is 32.0 Å². The van der Waals surface area contributed by atoms with Crippen molar-refractivity contribution in [2.24, 2.45) is 17.6 Å². The van der Waals surface area contributed by atoms with Crippen LogP contribution < -0.4 is 26.4 Å². The van der Waals surface area contributed by atoms with Crippen molar-refractivity contribution >= 4 is 28.6 Å². The van der Waals surface area contributed by atoms with E-state index in [4.69, 9.17) is 10.5 Å². The Balaban J connectivity index is 1.75. The molecular weight excluding hydrogens is 436 g/mol. The lowest BCUT2D eigenvalue weighted by Gasteiger charge is -2.26. The van der Waals surface area contributed by atoms with Crippen molar-refractivity contribution in [2.45, 2.75) is 51.2 Å². The number of carbonyl (C=O) groups is 3. The van der Waals surface area contributed by atoms with Crippen molar-refractivity contribution in [3.8, 4) is 11.8 Å². The first-order valence-electron chi connectivity index (χ1n) is 11.4. The Morgan fingerprint density at radius 3 is 2.71 bits per heavy atom. The van der Waals surface area contributed by atoms with Crippen molar-refractivity contribution < 1.29 is 19.1 Å². The fourth-order valence-corrected chi connectivity index (χ4v) is 4.21. The third kappa shape index (κ3) is 5.85. The molecule has 0 bridgehead atoms. The molecular formula is C24H32N6O4. The zero-order valence-electron chi connectivity index (χ0n) is 19.7. The molecule has 1 saturated heterocycles. The molecule has 1 aliphatic rings. The lowest BCUT2D eigenvalue weighted by molar-refractivity contribution is -0.126. The van der Waals surface area contributed by atoms with E-state index in [1.54, 1.807) is 19.2 Å². The molecule has 6 N–H and O–H groups in total. The fraction of sp³-hybridized carbons (Fsp3) is 0.500. The van der Waals surface area contributed by atoms with E-state index in [0.29, 0.717) is 30.8 Å². The van der Waals surface area contributed by atoms with Crippen LogP contribution in [-0.4, -0.2) is 54.5 Å². The lowest BCUT2D eigenvalue weighted by Crippen LogP contribution is -2.55. The van der Waals surface area contributed by atoms with E-state index < -0.39 is 29.9 Å². The first kappa shape index (κ1) is 25.1. The minimum absolute atomic E-state index is 0.106. The second-order valence-corrected chi connectivity index (χ2v) is 9.04. The molecule has 0 radical (unpaired) electrons. The van der Waals surface area contributed by atoms with Crippen LogP contribution in [0.3, 0.4) is 0 Å². The molecule has 10 nitrogen and oxygen atoms in total. The molecule has 10 heteroatoms. The van der Waals surface area contributed by atoms with Crippen LogP contribution in [0.15, 0.2) is 24.3 Å². The van der Waals surface area contributed by atoms with E-state index in [1.165, 1.54) is 0 Å². The molecule has 4 atom stereocenters. The minimum atomic E-state index is -0.978. The highest BCUT2D eigenvalue weighted by Gasteiger charge is 2.33. The van der Waals surface area contributed by atoms with E-state index >= 15 is 0 Å². The van der Waals surface area contributed by atoms with E-state index in [9.17, 15) is 19.6 Å². The number of benzene rings is 1. The van der Waals surface area contributed by atoms with Crippen LogP contribution >= 0.6 is 0 Å². The third-order valence-corrected chi connectivity index (χ3v) is 6.03. The van der Waals surface area contributed by atoms with Crippen LogP contribution in [0, 0.1) is 23.2 Å².